The third-order valence-electron chi connectivity index (χ3n) is 6.12. The SMILES string of the molecule is Cn1c(=O)c(=O)n(CCC(=O)NCCN2CCN(c3cccc(Cl)c3)CC2)c2ccccc21. The molecule has 174 valence electrons. The minimum Gasteiger partial charge on any atom is -0.369 e. The van der Waals surface area contributed by atoms with Crippen molar-refractivity contribution < 1.29 is 4.79 Å². The second kappa shape index (κ2) is 10.2. The normalized spacial score (nSPS) is 14.5. The number of fused-ring (bicyclic) bond motifs is 1. The standard InChI is InChI=1S/C24H28ClN5O3/c1-27-20-7-2-3-8-21(20)30(24(33)23(27)32)11-9-22(31)26-10-12-28-13-15-29(16-14-28)19-6-4-5-18(25)17-19/h2-8,17H,9-16H2,1H3,(H,26,31). The summed E-state index contributed by atoms with van der Waals surface area (Å²) in [6, 6.07) is 15.1. The molecule has 0 spiro atoms. The Kier molecular flexibility index (Phi) is 7.15. The van der Waals surface area contributed by atoms with Crippen LogP contribution >= 0.6 is 11.6 Å². The Morgan fingerprint density at radius 1 is 0.939 bits per heavy atom. The summed E-state index contributed by atoms with van der Waals surface area (Å²) in [5, 5.41) is 3.67. The van der Waals surface area contributed by atoms with E-state index in [1.807, 2.05) is 30.3 Å². The van der Waals surface area contributed by atoms with Crippen LogP contribution in [0.1, 0.15) is 6.42 Å². The smallest absolute Gasteiger partial charge is 0.316 e. The molecule has 8 nitrogen and oxygen atoms in total. The molecule has 1 aromatic heterocycles. The number of carbonyl (C=O) groups is 1. The highest BCUT2D eigenvalue weighted by Gasteiger charge is 2.17. The number of rotatable bonds is 7. The second-order valence-electron chi connectivity index (χ2n) is 8.22. The molecule has 9 heteroatoms. The molecular formula is C24H28ClN5O3. The maximum atomic E-state index is 12.5. The van der Waals surface area contributed by atoms with Crippen LogP contribution in [0.5, 0.6) is 0 Å². The van der Waals surface area contributed by atoms with Crippen LogP contribution in [0.2, 0.25) is 5.02 Å². The highest BCUT2D eigenvalue weighted by Crippen LogP contribution is 2.20. The Bertz CT molecular complexity index is 1260. The molecule has 1 fully saturated rings. The number of anilines is 1. The van der Waals surface area contributed by atoms with E-state index in [-0.39, 0.29) is 18.9 Å². The van der Waals surface area contributed by atoms with Gasteiger partial charge in [0.15, 0.2) is 0 Å². The van der Waals surface area contributed by atoms with Gasteiger partial charge in [-0.05, 0) is 30.3 Å². The molecule has 1 N–H and O–H groups in total. The van der Waals surface area contributed by atoms with E-state index in [2.05, 4.69) is 21.2 Å². The van der Waals surface area contributed by atoms with E-state index >= 15 is 0 Å². The van der Waals surface area contributed by atoms with Crippen molar-refractivity contribution in [3.63, 3.8) is 0 Å². The number of amides is 1. The van der Waals surface area contributed by atoms with Gasteiger partial charge in [0.1, 0.15) is 0 Å². The topological polar surface area (TPSA) is 79.6 Å². The Hall–Kier alpha value is -3.10. The molecule has 0 atom stereocenters. The first-order valence-electron chi connectivity index (χ1n) is 11.1. The van der Waals surface area contributed by atoms with Gasteiger partial charge in [-0.15, -0.1) is 0 Å². The Morgan fingerprint density at radius 2 is 1.67 bits per heavy atom. The molecule has 33 heavy (non-hydrogen) atoms. The fourth-order valence-electron chi connectivity index (χ4n) is 4.23. The number of halogens is 1. The third kappa shape index (κ3) is 5.29. The average Bonchev–Trinajstić information content (AvgIpc) is 2.83. The first-order chi connectivity index (χ1) is 15.9. The lowest BCUT2D eigenvalue weighted by molar-refractivity contribution is -0.121. The lowest BCUT2D eigenvalue weighted by Gasteiger charge is -2.36. The van der Waals surface area contributed by atoms with E-state index < -0.39 is 11.1 Å². The number of benzene rings is 2. The van der Waals surface area contributed by atoms with Crippen LogP contribution < -0.4 is 21.3 Å². The predicted octanol–water partition coefficient (Wildman–Crippen LogP) is 1.68. The van der Waals surface area contributed by atoms with Crippen molar-refractivity contribution in [2.75, 3.05) is 44.2 Å². The van der Waals surface area contributed by atoms with Crippen LogP contribution in [-0.2, 0) is 18.4 Å². The van der Waals surface area contributed by atoms with Crippen molar-refractivity contribution in [1.29, 1.82) is 0 Å². The van der Waals surface area contributed by atoms with Crippen molar-refractivity contribution >= 4 is 34.2 Å². The van der Waals surface area contributed by atoms with E-state index in [1.165, 1.54) is 9.13 Å². The first kappa shape index (κ1) is 23.1. The summed E-state index contributed by atoms with van der Waals surface area (Å²) >= 11 is 6.09. The van der Waals surface area contributed by atoms with Gasteiger partial charge in [0.25, 0.3) is 0 Å². The number of hydrogen-bond acceptors (Lipinski definition) is 5. The predicted molar refractivity (Wildman–Crippen MR) is 131 cm³/mol. The quantitative estimate of drug-likeness (QED) is 0.533. The molecule has 1 amide bonds. The van der Waals surface area contributed by atoms with Crippen LogP contribution in [0.25, 0.3) is 11.0 Å². The minimum atomic E-state index is -0.610. The first-order valence-corrected chi connectivity index (χ1v) is 11.5. The van der Waals surface area contributed by atoms with E-state index in [0.29, 0.717) is 17.6 Å². The van der Waals surface area contributed by atoms with Gasteiger partial charge in [-0.1, -0.05) is 29.8 Å². The van der Waals surface area contributed by atoms with E-state index in [1.54, 1.807) is 19.2 Å². The number of hydrogen-bond donors (Lipinski definition) is 1. The molecule has 1 aliphatic heterocycles. The van der Waals surface area contributed by atoms with Crippen molar-refractivity contribution in [2.24, 2.45) is 7.05 Å². The van der Waals surface area contributed by atoms with Gasteiger partial charge in [-0.2, -0.15) is 0 Å². The minimum absolute atomic E-state index is 0.135. The van der Waals surface area contributed by atoms with Crippen LogP contribution in [0.3, 0.4) is 0 Å². The molecule has 0 radical (unpaired) electrons. The van der Waals surface area contributed by atoms with Crippen LogP contribution in [0.4, 0.5) is 5.69 Å². The van der Waals surface area contributed by atoms with Crippen LogP contribution in [-0.4, -0.2) is 59.2 Å². The molecule has 2 aromatic carbocycles. The number of para-hydroxylation sites is 2. The molecule has 0 saturated carbocycles. The summed E-state index contributed by atoms with van der Waals surface area (Å²) in [7, 11) is 1.58. The molecule has 4 rings (SSSR count). The molecular weight excluding hydrogens is 442 g/mol. The van der Waals surface area contributed by atoms with E-state index in [0.717, 1.165) is 43.4 Å². The van der Waals surface area contributed by atoms with Crippen LogP contribution in [0, 0.1) is 0 Å². The zero-order chi connectivity index (χ0) is 23.4. The number of aromatic nitrogens is 2. The summed E-state index contributed by atoms with van der Waals surface area (Å²) in [6.45, 7) is 5.13. The summed E-state index contributed by atoms with van der Waals surface area (Å²) in [5.41, 5.74) is 1.25. The van der Waals surface area contributed by atoms with Crippen LogP contribution in [0.15, 0.2) is 58.1 Å². The maximum Gasteiger partial charge on any atom is 0.316 e. The highest BCUT2D eigenvalue weighted by molar-refractivity contribution is 6.30. The number of nitrogens with one attached hydrogen (secondary N) is 1. The lowest BCUT2D eigenvalue weighted by Crippen LogP contribution is -2.48. The third-order valence-corrected chi connectivity index (χ3v) is 6.36. The molecule has 0 bridgehead atoms. The monoisotopic (exact) mass is 469 g/mol. The molecule has 1 saturated heterocycles. The average molecular weight is 470 g/mol. The van der Waals surface area contributed by atoms with Gasteiger partial charge in [0.2, 0.25) is 5.91 Å². The summed E-state index contributed by atoms with van der Waals surface area (Å²) in [5.74, 6) is -0.135. The maximum absolute atomic E-state index is 12.5. The Labute approximate surface area is 197 Å². The fraction of sp³-hybridized carbons (Fsp3) is 0.375. The van der Waals surface area contributed by atoms with E-state index in [4.69, 9.17) is 11.6 Å². The summed E-state index contributed by atoms with van der Waals surface area (Å²) in [6.07, 6.45) is 0.139. The van der Waals surface area contributed by atoms with Gasteiger partial charge in [0.05, 0.1) is 11.0 Å². The van der Waals surface area contributed by atoms with Gasteiger partial charge < -0.3 is 19.4 Å². The van der Waals surface area contributed by atoms with Crippen molar-refractivity contribution in [1.82, 2.24) is 19.4 Å². The van der Waals surface area contributed by atoms with Gasteiger partial charge in [-0.25, -0.2) is 0 Å². The molecule has 3 aromatic rings. The van der Waals surface area contributed by atoms with E-state index in [9.17, 15) is 14.4 Å². The number of nitrogens with zero attached hydrogens (tertiary/aromatic N) is 4. The van der Waals surface area contributed by atoms with Crippen molar-refractivity contribution in [3.8, 4) is 0 Å². The summed E-state index contributed by atoms with van der Waals surface area (Å²) < 4.78 is 2.74. The zero-order valence-corrected chi connectivity index (χ0v) is 19.4. The second-order valence-corrected chi connectivity index (χ2v) is 8.65. The van der Waals surface area contributed by atoms with Gasteiger partial charge in [-0.3, -0.25) is 19.3 Å². The fourth-order valence-corrected chi connectivity index (χ4v) is 4.42. The Morgan fingerprint density at radius 3 is 2.39 bits per heavy atom. The molecule has 2 heterocycles. The summed E-state index contributed by atoms with van der Waals surface area (Å²) in [4.78, 5) is 41.7. The molecule has 0 aliphatic carbocycles. The van der Waals surface area contributed by atoms with Crippen molar-refractivity contribution in [2.45, 2.75) is 13.0 Å². The van der Waals surface area contributed by atoms with Gasteiger partial charge >= 0.3 is 11.1 Å². The number of carbonyl (C=O) groups excluding carboxylic acids is 1. The highest BCUT2D eigenvalue weighted by atomic mass is 35.5. The van der Waals surface area contributed by atoms with Crippen molar-refractivity contribution in [3.05, 3.63) is 74.3 Å². The number of aryl methyl sites for hydroxylation is 2. The molecule has 0 unspecified atom stereocenters. The van der Waals surface area contributed by atoms with Gasteiger partial charge in [0, 0.05) is 70.0 Å². The largest absolute Gasteiger partial charge is 0.369 e. The zero-order valence-electron chi connectivity index (χ0n) is 18.7. The lowest BCUT2D eigenvalue weighted by atomic mass is 10.2. The molecule has 1 aliphatic rings. The Balaban J connectivity index is 1.25. The number of piperazine rings is 1.